The summed E-state index contributed by atoms with van der Waals surface area (Å²) in [4.78, 5) is 27.2. The number of carbonyl (C=O) groups excluding carboxylic acids is 1. The molecular formula is C12H13F3N4O3. The first-order valence-corrected chi connectivity index (χ1v) is 6.34. The fourth-order valence-corrected chi connectivity index (χ4v) is 1.97. The minimum atomic E-state index is -4.61. The molecule has 0 radical (unpaired) electrons. The molecule has 1 atom stereocenters. The van der Waals surface area contributed by atoms with Crippen LogP contribution in [0.3, 0.4) is 0 Å². The molecule has 1 aliphatic rings. The van der Waals surface area contributed by atoms with Gasteiger partial charge in [-0.1, -0.05) is 6.07 Å². The number of carbonyl (C=O) groups is 2. The number of nitrogens with one attached hydrogen (secondary N) is 2. The van der Waals surface area contributed by atoms with Gasteiger partial charge in [-0.15, -0.1) is 0 Å². The van der Waals surface area contributed by atoms with Crippen LogP contribution in [0.5, 0.6) is 0 Å². The van der Waals surface area contributed by atoms with Crippen molar-refractivity contribution in [3.8, 4) is 0 Å². The van der Waals surface area contributed by atoms with Crippen molar-refractivity contribution in [3.63, 3.8) is 0 Å². The minimum Gasteiger partial charge on any atom is -0.465 e. The fourth-order valence-electron chi connectivity index (χ4n) is 1.97. The second-order valence-corrected chi connectivity index (χ2v) is 4.63. The zero-order valence-corrected chi connectivity index (χ0v) is 11.2. The SMILES string of the molecule is O=C(Nc1cccc(C(F)(F)F)n1)C1CN(C(=O)O)CCN1. The predicted molar refractivity (Wildman–Crippen MR) is 69.3 cm³/mol. The molecule has 7 nitrogen and oxygen atoms in total. The van der Waals surface area contributed by atoms with Crippen LogP contribution in [0.15, 0.2) is 18.2 Å². The number of nitrogens with zero attached hydrogens (tertiary/aromatic N) is 2. The number of halogens is 3. The van der Waals surface area contributed by atoms with Crippen molar-refractivity contribution < 1.29 is 27.9 Å². The van der Waals surface area contributed by atoms with E-state index in [9.17, 15) is 22.8 Å². The van der Waals surface area contributed by atoms with Crippen molar-refractivity contribution in [3.05, 3.63) is 23.9 Å². The first-order chi connectivity index (χ1) is 10.3. The van der Waals surface area contributed by atoms with Gasteiger partial charge in [0, 0.05) is 19.6 Å². The average molecular weight is 318 g/mol. The Morgan fingerprint density at radius 1 is 1.41 bits per heavy atom. The first kappa shape index (κ1) is 16.0. The lowest BCUT2D eigenvalue weighted by atomic mass is 10.2. The van der Waals surface area contributed by atoms with Gasteiger partial charge in [0.1, 0.15) is 17.6 Å². The van der Waals surface area contributed by atoms with Gasteiger partial charge in [0.15, 0.2) is 0 Å². The van der Waals surface area contributed by atoms with Gasteiger partial charge in [0.05, 0.1) is 0 Å². The summed E-state index contributed by atoms with van der Waals surface area (Å²) >= 11 is 0. The van der Waals surface area contributed by atoms with Crippen molar-refractivity contribution in [2.24, 2.45) is 0 Å². The molecule has 2 rings (SSSR count). The van der Waals surface area contributed by atoms with Crippen molar-refractivity contribution >= 4 is 17.8 Å². The van der Waals surface area contributed by atoms with Crippen LogP contribution in [0.1, 0.15) is 5.69 Å². The molecule has 1 aromatic heterocycles. The van der Waals surface area contributed by atoms with E-state index in [0.717, 1.165) is 17.0 Å². The number of rotatable bonds is 2. The lowest BCUT2D eigenvalue weighted by Crippen LogP contribution is -2.56. The number of pyridine rings is 1. The Hall–Kier alpha value is -2.36. The van der Waals surface area contributed by atoms with Crippen LogP contribution in [0.2, 0.25) is 0 Å². The highest BCUT2D eigenvalue weighted by molar-refractivity contribution is 5.94. The Balaban J connectivity index is 2.04. The Kier molecular flexibility index (Phi) is 4.50. The summed E-state index contributed by atoms with van der Waals surface area (Å²) in [7, 11) is 0. The summed E-state index contributed by atoms with van der Waals surface area (Å²) < 4.78 is 37.6. The molecular weight excluding hydrogens is 305 g/mol. The molecule has 3 N–H and O–H groups in total. The number of hydrogen-bond acceptors (Lipinski definition) is 4. The molecule has 120 valence electrons. The summed E-state index contributed by atoms with van der Waals surface area (Å²) in [5.74, 6) is -0.883. The predicted octanol–water partition coefficient (Wildman–Crippen LogP) is 0.991. The molecule has 1 aliphatic heterocycles. The van der Waals surface area contributed by atoms with Crippen LogP contribution < -0.4 is 10.6 Å². The number of amides is 2. The van der Waals surface area contributed by atoms with Gasteiger partial charge in [-0.05, 0) is 12.1 Å². The first-order valence-electron chi connectivity index (χ1n) is 6.34. The Labute approximate surface area is 123 Å². The van der Waals surface area contributed by atoms with E-state index in [2.05, 4.69) is 15.6 Å². The van der Waals surface area contributed by atoms with E-state index < -0.39 is 29.9 Å². The van der Waals surface area contributed by atoms with E-state index in [1.807, 2.05) is 0 Å². The van der Waals surface area contributed by atoms with Crippen LogP contribution in [-0.4, -0.2) is 52.7 Å². The van der Waals surface area contributed by atoms with E-state index >= 15 is 0 Å². The third-order valence-electron chi connectivity index (χ3n) is 3.05. The molecule has 1 aromatic rings. The molecule has 0 saturated carbocycles. The molecule has 1 unspecified atom stereocenters. The molecule has 10 heteroatoms. The third-order valence-corrected chi connectivity index (χ3v) is 3.05. The summed E-state index contributed by atoms with van der Waals surface area (Å²) in [6.07, 6.45) is -5.76. The van der Waals surface area contributed by atoms with Gasteiger partial charge < -0.3 is 20.6 Å². The fraction of sp³-hybridized carbons (Fsp3) is 0.417. The van der Waals surface area contributed by atoms with Gasteiger partial charge >= 0.3 is 12.3 Å². The van der Waals surface area contributed by atoms with Gasteiger partial charge in [0.25, 0.3) is 0 Å². The van der Waals surface area contributed by atoms with Crippen LogP contribution in [0.25, 0.3) is 0 Å². The highest BCUT2D eigenvalue weighted by Gasteiger charge is 2.33. The number of hydrogen-bond donors (Lipinski definition) is 3. The quantitative estimate of drug-likeness (QED) is 0.756. The van der Waals surface area contributed by atoms with Crippen LogP contribution in [0, 0.1) is 0 Å². The van der Waals surface area contributed by atoms with Crippen LogP contribution in [-0.2, 0) is 11.0 Å². The molecule has 0 spiro atoms. The molecule has 2 amide bonds. The second kappa shape index (κ2) is 6.18. The molecule has 0 aromatic carbocycles. The topological polar surface area (TPSA) is 94.6 Å². The maximum absolute atomic E-state index is 12.5. The van der Waals surface area contributed by atoms with Gasteiger partial charge in [-0.25, -0.2) is 9.78 Å². The maximum atomic E-state index is 12.5. The van der Waals surface area contributed by atoms with Gasteiger partial charge in [-0.3, -0.25) is 4.79 Å². The largest absolute Gasteiger partial charge is 0.465 e. The Morgan fingerprint density at radius 3 is 2.77 bits per heavy atom. The Bertz CT molecular complexity index is 579. The summed E-state index contributed by atoms with van der Waals surface area (Å²) in [5, 5.41) is 13.9. The molecule has 1 fully saturated rings. The van der Waals surface area contributed by atoms with Gasteiger partial charge in [-0.2, -0.15) is 13.2 Å². The normalized spacial score (nSPS) is 18.9. The minimum absolute atomic E-state index is 0.0832. The maximum Gasteiger partial charge on any atom is 0.433 e. The molecule has 0 aliphatic carbocycles. The second-order valence-electron chi connectivity index (χ2n) is 4.63. The summed E-state index contributed by atoms with van der Waals surface area (Å²) in [6.45, 7) is 0.432. The molecule has 2 heterocycles. The highest BCUT2D eigenvalue weighted by atomic mass is 19.4. The Morgan fingerprint density at radius 2 is 2.14 bits per heavy atom. The summed E-state index contributed by atoms with van der Waals surface area (Å²) in [5.41, 5.74) is -1.12. The summed E-state index contributed by atoms with van der Waals surface area (Å²) in [6, 6.07) is 2.30. The van der Waals surface area contributed by atoms with Crippen molar-refractivity contribution in [1.82, 2.24) is 15.2 Å². The zero-order chi connectivity index (χ0) is 16.3. The van der Waals surface area contributed by atoms with Crippen LogP contribution in [0.4, 0.5) is 23.8 Å². The van der Waals surface area contributed by atoms with Crippen molar-refractivity contribution in [1.29, 1.82) is 0 Å². The number of anilines is 1. The zero-order valence-electron chi connectivity index (χ0n) is 11.2. The highest BCUT2D eigenvalue weighted by Crippen LogP contribution is 2.28. The molecule has 22 heavy (non-hydrogen) atoms. The average Bonchev–Trinajstić information content (AvgIpc) is 2.46. The molecule has 0 bridgehead atoms. The van der Waals surface area contributed by atoms with Gasteiger partial charge in [0.2, 0.25) is 5.91 Å². The smallest absolute Gasteiger partial charge is 0.433 e. The third kappa shape index (κ3) is 3.85. The lowest BCUT2D eigenvalue weighted by Gasteiger charge is -2.30. The van der Waals surface area contributed by atoms with E-state index in [1.165, 1.54) is 6.07 Å². The van der Waals surface area contributed by atoms with E-state index in [1.54, 1.807) is 0 Å². The van der Waals surface area contributed by atoms with E-state index in [-0.39, 0.29) is 25.5 Å². The number of piperazine rings is 1. The monoisotopic (exact) mass is 318 g/mol. The van der Waals surface area contributed by atoms with Crippen LogP contribution >= 0.6 is 0 Å². The standard InChI is InChI=1S/C12H13F3N4O3/c13-12(14,15)8-2-1-3-9(17-8)18-10(20)7-6-19(11(21)22)5-4-16-7/h1-3,7,16H,4-6H2,(H,21,22)(H,17,18,20). The van der Waals surface area contributed by atoms with Crippen molar-refractivity contribution in [2.75, 3.05) is 25.0 Å². The van der Waals surface area contributed by atoms with E-state index in [4.69, 9.17) is 5.11 Å². The number of aromatic nitrogens is 1. The number of alkyl halides is 3. The van der Waals surface area contributed by atoms with E-state index in [0.29, 0.717) is 0 Å². The lowest BCUT2D eigenvalue weighted by molar-refractivity contribution is -0.141. The molecule has 1 saturated heterocycles. The number of carboxylic acid groups (broad SMARTS) is 1. The van der Waals surface area contributed by atoms with Crippen molar-refractivity contribution in [2.45, 2.75) is 12.2 Å².